The molecule has 0 aromatic rings. The van der Waals surface area contributed by atoms with Gasteiger partial charge in [-0.05, 0) is 57.8 Å². The number of nitrogens with one attached hydrogen (secondary N) is 4. The van der Waals surface area contributed by atoms with Crippen molar-refractivity contribution in [2.24, 2.45) is 0 Å². The lowest BCUT2D eigenvalue weighted by molar-refractivity contribution is -0.122. The third-order valence-corrected chi connectivity index (χ3v) is 9.23. The second kappa shape index (κ2) is 28.9. The highest BCUT2D eigenvalue weighted by Crippen LogP contribution is 2.33. The zero-order valence-corrected chi connectivity index (χ0v) is 29.9. The third kappa shape index (κ3) is 21.7. The van der Waals surface area contributed by atoms with Crippen molar-refractivity contribution >= 4 is 29.6 Å². The van der Waals surface area contributed by atoms with E-state index in [0.29, 0.717) is 57.6 Å². The SMILES string of the molecule is CCC=CCC=CCC=CCC=CCC=CCC=CCCC(=O)NCCOCCOCCNC(=O)CCCC[C@@H]1SC[C@@H]2NC(=O)N[C@@H]21. The zero-order valence-electron chi connectivity index (χ0n) is 29.0. The Morgan fingerprint density at radius 2 is 1.23 bits per heavy atom. The summed E-state index contributed by atoms with van der Waals surface area (Å²) in [5.41, 5.74) is 0. The fourth-order valence-electron chi connectivity index (χ4n) is 5.15. The fraction of sp³-hybridized carbons (Fsp3) is 0.605. The van der Waals surface area contributed by atoms with Crippen LogP contribution in [-0.2, 0) is 19.1 Å². The van der Waals surface area contributed by atoms with Gasteiger partial charge in [-0.15, -0.1) is 0 Å². The molecule has 268 valence electrons. The summed E-state index contributed by atoms with van der Waals surface area (Å²) in [6.07, 6.45) is 36.5. The van der Waals surface area contributed by atoms with Crippen molar-refractivity contribution < 1.29 is 23.9 Å². The molecule has 0 aromatic heterocycles. The minimum absolute atomic E-state index is 0.0239. The normalized spacial score (nSPS) is 19.4. The van der Waals surface area contributed by atoms with Crippen LogP contribution < -0.4 is 21.3 Å². The second-order valence-electron chi connectivity index (χ2n) is 11.7. The van der Waals surface area contributed by atoms with Gasteiger partial charge in [0.2, 0.25) is 11.8 Å². The lowest BCUT2D eigenvalue weighted by Crippen LogP contribution is -2.36. The number of hydrogen-bond acceptors (Lipinski definition) is 6. The fourth-order valence-corrected chi connectivity index (χ4v) is 6.70. The van der Waals surface area contributed by atoms with Gasteiger partial charge in [0.15, 0.2) is 0 Å². The van der Waals surface area contributed by atoms with E-state index in [-0.39, 0.29) is 29.9 Å². The standard InChI is InChI=1S/C38H60N4O5S/c1-2-3-4-5-6-7-8-9-10-11-12-13-14-15-16-17-18-19-20-24-35(43)39-26-28-46-30-31-47-29-27-40-36(44)25-22-21-23-34-37-33(32-48-34)41-38(45)42-37/h3-4,6-7,9-10,12-13,15-16,18-19,33-34,37H,2,5,8,11,14,17,20-32H2,1H3,(H,39,43)(H,40,44)(H2,41,42,45)/t33-,34-,37-/m0/s1. The summed E-state index contributed by atoms with van der Waals surface area (Å²) in [5, 5.41) is 12.2. The quantitative estimate of drug-likeness (QED) is 0.0427. The maximum Gasteiger partial charge on any atom is 0.315 e. The van der Waals surface area contributed by atoms with Crippen LogP contribution >= 0.6 is 11.8 Å². The number of rotatable bonds is 28. The largest absolute Gasteiger partial charge is 0.377 e. The zero-order chi connectivity index (χ0) is 34.3. The molecule has 2 aliphatic heterocycles. The number of thioether (sulfide) groups is 1. The molecule has 2 aliphatic rings. The summed E-state index contributed by atoms with van der Waals surface area (Å²) >= 11 is 1.90. The molecule has 0 spiro atoms. The van der Waals surface area contributed by atoms with E-state index in [4.69, 9.17) is 9.47 Å². The molecule has 48 heavy (non-hydrogen) atoms. The van der Waals surface area contributed by atoms with Gasteiger partial charge >= 0.3 is 6.03 Å². The van der Waals surface area contributed by atoms with Crippen LogP contribution in [0.4, 0.5) is 4.79 Å². The molecule has 0 unspecified atom stereocenters. The maximum absolute atomic E-state index is 12.0. The number of carbonyl (C=O) groups is 3. The van der Waals surface area contributed by atoms with Crippen LogP contribution in [0.2, 0.25) is 0 Å². The molecule has 0 bridgehead atoms. The number of amides is 4. The summed E-state index contributed by atoms with van der Waals surface area (Å²) in [5.74, 6) is 1.03. The highest BCUT2D eigenvalue weighted by molar-refractivity contribution is 8.00. The molecule has 0 saturated carbocycles. The van der Waals surface area contributed by atoms with E-state index in [1.807, 2.05) is 11.8 Å². The van der Waals surface area contributed by atoms with Crippen molar-refractivity contribution in [1.82, 2.24) is 21.3 Å². The van der Waals surface area contributed by atoms with Gasteiger partial charge in [0.1, 0.15) is 0 Å². The molecule has 2 heterocycles. The first kappa shape index (κ1) is 41.1. The van der Waals surface area contributed by atoms with E-state index in [0.717, 1.165) is 70.0 Å². The van der Waals surface area contributed by atoms with E-state index in [1.54, 1.807) is 0 Å². The van der Waals surface area contributed by atoms with E-state index < -0.39 is 0 Å². The number of urea groups is 1. The molecule has 2 rings (SSSR count). The van der Waals surface area contributed by atoms with Crippen LogP contribution in [0, 0.1) is 0 Å². The van der Waals surface area contributed by atoms with E-state index in [2.05, 4.69) is 101 Å². The van der Waals surface area contributed by atoms with Crippen molar-refractivity contribution in [3.63, 3.8) is 0 Å². The molecule has 4 amide bonds. The summed E-state index contributed by atoms with van der Waals surface area (Å²) in [6, 6.07) is 0.411. The van der Waals surface area contributed by atoms with Crippen LogP contribution in [0.5, 0.6) is 0 Å². The Morgan fingerprint density at radius 1 is 0.708 bits per heavy atom. The molecule has 10 heteroatoms. The smallest absolute Gasteiger partial charge is 0.315 e. The van der Waals surface area contributed by atoms with Crippen molar-refractivity contribution in [3.05, 3.63) is 72.9 Å². The Morgan fingerprint density at radius 3 is 1.79 bits per heavy atom. The first-order valence-corrected chi connectivity index (χ1v) is 18.9. The molecular formula is C38H60N4O5S. The Bertz CT molecular complexity index is 1070. The summed E-state index contributed by atoms with van der Waals surface area (Å²) < 4.78 is 11.0. The molecule has 2 saturated heterocycles. The van der Waals surface area contributed by atoms with Gasteiger partial charge in [-0.2, -0.15) is 11.8 Å². The van der Waals surface area contributed by atoms with Gasteiger partial charge in [0, 0.05) is 36.9 Å². The lowest BCUT2D eigenvalue weighted by Gasteiger charge is -2.16. The minimum Gasteiger partial charge on any atom is -0.377 e. The minimum atomic E-state index is -0.0592. The van der Waals surface area contributed by atoms with Gasteiger partial charge in [0.25, 0.3) is 0 Å². The van der Waals surface area contributed by atoms with E-state index in [1.165, 1.54) is 0 Å². The molecule has 0 radical (unpaired) electrons. The van der Waals surface area contributed by atoms with Crippen LogP contribution in [0.25, 0.3) is 0 Å². The molecule has 2 fully saturated rings. The highest BCUT2D eigenvalue weighted by atomic mass is 32.2. The topological polar surface area (TPSA) is 118 Å². The number of hydrogen-bond donors (Lipinski definition) is 4. The first-order valence-electron chi connectivity index (χ1n) is 17.9. The molecule has 4 N–H and O–H groups in total. The van der Waals surface area contributed by atoms with Crippen LogP contribution in [0.15, 0.2) is 72.9 Å². The number of carbonyl (C=O) groups excluding carboxylic acids is 3. The number of ether oxygens (including phenoxy) is 2. The predicted octanol–water partition coefficient (Wildman–Crippen LogP) is 6.46. The van der Waals surface area contributed by atoms with Gasteiger partial charge < -0.3 is 30.7 Å². The third-order valence-electron chi connectivity index (χ3n) is 7.72. The average Bonchev–Trinajstić information content (AvgIpc) is 3.64. The molecule has 3 atom stereocenters. The molecule has 0 aliphatic carbocycles. The first-order chi connectivity index (χ1) is 23.6. The molecule has 0 aromatic carbocycles. The van der Waals surface area contributed by atoms with Gasteiger partial charge in [-0.1, -0.05) is 86.3 Å². The summed E-state index contributed by atoms with van der Waals surface area (Å²) in [4.78, 5) is 35.5. The van der Waals surface area contributed by atoms with Gasteiger partial charge in [-0.25, -0.2) is 4.79 Å². The highest BCUT2D eigenvalue weighted by Gasteiger charge is 2.42. The predicted molar refractivity (Wildman–Crippen MR) is 199 cm³/mol. The van der Waals surface area contributed by atoms with Crippen molar-refractivity contribution in [2.75, 3.05) is 45.3 Å². The van der Waals surface area contributed by atoms with Crippen molar-refractivity contribution in [2.45, 2.75) is 101 Å². The number of fused-ring (bicyclic) bond motifs is 1. The van der Waals surface area contributed by atoms with Gasteiger partial charge in [-0.3, -0.25) is 9.59 Å². The van der Waals surface area contributed by atoms with Crippen LogP contribution in [0.1, 0.15) is 84.0 Å². The Labute approximate surface area is 293 Å². The van der Waals surface area contributed by atoms with Crippen molar-refractivity contribution in [1.29, 1.82) is 0 Å². The van der Waals surface area contributed by atoms with E-state index >= 15 is 0 Å². The van der Waals surface area contributed by atoms with Gasteiger partial charge in [0.05, 0.1) is 38.5 Å². The van der Waals surface area contributed by atoms with Crippen LogP contribution in [0.3, 0.4) is 0 Å². The maximum atomic E-state index is 12.0. The Kier molecular flexibility index (Phi) is 24.7. The Balaban J connectivity index is 1.28. The lowest BCUT2D eigenvalue weighted by atomic mass is 10.0. The number of unbranched alkanes of at least 4 members (excludes halogenated alkanes) is 1. The average molecular weight is 685 g/mol. The van der Waals surface area contributed by atoms with Crippen LogP contribution in [-0.4, -0.2) is 80.4 Å². The number of allylic oxidation sites excluding steroid dienone is 12. The second-order valence-corrected chi connectivity index (χ2v) is 13.0. The monoisotopic (exact) mass is 684 g/mol. The molecular weight excluding hydrogens is 625 g/mol. The van der Waals surface area contributed by atoms with E-state index in [9.17, 15) is 14.4 Å². The van der Waals surface area contributed by atoms with Crippen molar-refractivity contribution in [3.8, 4) is 0 Å². The molecule has 9 nitrogen and oxygen atoms in total. The summed E-state index contributed by atoms with van der Waals surface area (Å²) in [6.45, 7) is 4.87. The Hall–Kier alpha value is -3.08. The summed E-state index contributed by atoms with van der Waals surface area (Å²) in [7, 11) is 0.